The number of nitrogens with one attached hydrogen (secondary N) is 2. The smallest absolute Gasteiger partial charge is 0.271 e. The Hall–Kier alpha value is -2.68. The van der Waals surface area contributed by atoms with E-state index in [1.54, 1.807) is 7.05 Å². The topological polar surface area (TPSA) is 97.6 Å². The maximum atomic E-state index is 12.6. The Morgan fingerprint density at radius 1 is 1.41 bits per heavy atom. The van der Waals surface area contributed by atoms with E-state index < -0.39 is 6.10 Å². The second kappa shape index (κ2) is 8.34. The van der Waals surface area contributed by atoms with Crippen molar-refractivity contribution in [1.82, 2.24) is 15.1 Å². The van der Waals surface area contributed by atoms with Crippen molar-refractivity contribution >= 4 is 39.1 Å². The van der Waals surface area contributed by atoms with E-state index >= 15 is 0 Å². The summed E-state index contributed by atoms with van der Waals surface area (Å²) < 4.78 is 2.35. The van der Waals surface area contributed by atoms with Crippen LogP contribution in [0.15, 0.2) is 40.1 Å². The lowest BCUT2D eigenvalue weighted by molar-refractivity contribution is -0.125. The van der Waals surface area contributed by atoms with Crippen LogP contribution in [0, 0.1) is 0 Å². The summed E-state index contributed by atoms with van der Waals surface area (Å²) in [6, 6.07) is 7.63. The van der Waals surface area contributed by atoms with E-state index in [9.17, 15) is 9.59 Å². The SMILES string of the molecule is CCCNC(=O)c1c(NC(=O)C2CC(c3cccc(Br)c3)=NO2)cnn1C. The molecule has 0 saturated heterocycles. The Balaban J connectivity index is 1.66. The minimum atomic E-state index is -0.759. The molecule has 9 heteroatoms. The average molecular weight is 434 g/mol. The Kier molecular flexibility index (Phi) is 5.90. The van der Waals surface area contributed by atoms with Gasteiger partial charge in [0.2, 0.25) is 6.10 Å². The number of carbonyl (C=O) groups is 2. The molecule has 27 heavy (non-hydrogen) atoms. The molecule has 1 aromatic heterocycles. The molecule has 1 atom stereocenters. The zero-order chi connectivity index (χ0) is 19.4. The standard InChI is InChI=1S/C18H20BrN5O3/c1-3-7-20-18(26)16-14(10-21-24(16)2)22-17(25)15-9-13(23-27-15)11-5-4-6-12(19)8-11/h4-6,8,10,15H,3,7,9H2,1-2H3,(H,20,26)(H,22,25). The van der Waals surface area contributed by atoms with Crippen LogP contribution in [0.4, 0.5) is 5.69 Å². The fourth-order valence-electron chi connectivity index (χ4n) is 2.69. The third-order valence-corrected chi connectivity index (χ3v) is 4.56. The molecule has 0 aliphatic carbocycles. The first-order valence-corrected chi connectivity index (χ1v) is 9.38. The Bertz CT molecular complexity index is 893. The molecule has 1 aromatic carbocycles. The largest absolute Gasteiger partial charge is 0.382 e. The van der Waals surface area contributed by atoms with Crippen LogP contribution < -0.4 is 10.6 Å². The van der Waals surface area contributed by atoms with Crippen molar-refractivity contribution in [2.24, 2.45) is 12.2 Å². The van der Waals surface area contributed by atoms with E-state index in [1.165, 1.54) is 10.9 Å². The van der Waals surface area contributed by atoms with Crippen LogP contribution in [-0.2, 0) is 16.7 Å². The molecule has 2 heterocycles. The van der Waals surface area contributed by atoms with Gasteiger partial charge in [0.05, 0.1) is 17.6 Å². The van der Waals surface area contributed by atoms with Crippen molar-refractivity contribution in [3.8, 4) is 0 Å². The summed E-state index contributed by atoms with van der Waals surface area (Å²) >= 11 is 3.42. The fraction of sp³-hybridized carbons (Fsp3) is 0.333. The van der Waals surface area contributed by atoms with Gasteiger partial charge >= 0.3 is 0 Å². The molecule has 8 nitrogen and oxygen atoms in total. The molecule has 0 fully saturated rings. The van der Waals surface area contributed by atoms with Gasteiger partial charge in [-0.1, -0.05) is 40.1 Å². The first-order valence-electron chi connectivity index (χ1n) is 8.59. The van der Waals surface area contributed by atoms with Gasteiger partial charge in [-0.05, 0) is 18.6 Å². The van der Waals surface area contributed by atoms with Crippen LogP contribution in [-0.4, -0.2) is 40.0 Å². The summed E-state index contributed by atoms with van der Waals surface area (Å²) in [6.07, 6.45) is 1.85. The second-order valence-corrected chi connectivity index (χ2v) is 7.04. The van der Waals surface area contributed by atoms with Crippen LogP contribution in [0.2, 0.25) is 0 Å². The predicted octanol–water partition coefficient (Wildman–Crippen LogP) is 2.45. The van der Waals surface area contributed by atoms with Gasteiger partial charge in [-0.3, -0.25) is 14.3 Å². The number of nitrogens with zero attached hydrogens (tertiary/aromatic N) is 3. The normalized spacial score (nSPS) is 15.8. The molecular formula is C18H20BrN5O3. The maximum Gasteiger partial charge on any atom is 0.271 e. The summed E-state index contributed by atoms with van der Waals surface area (Å²) in [6.45, 7) is 2.51. The number of anilines is 1. The monoisotopic (exact) mass is 433 g/mol. The van der Waals surface area contributed by atoms with Crippen molar-refractivity contribution < 1.29 is 14.4 Å². The molecule has 1 aliphatic rings. The number of oxime groups is 1. The second-order valence-electron chi connectivity index (χ2n) is 6.12. The molecule has 0 saturated carbocycles. The molecule has 142 valence electrons. The molecule has 1 unspecified atom stereocenters. The van der Waals surface area contributed by atoms with E-state index in [2.05, 4.69) is 36.8 Å². The lowest BCUT2D eigenvalue weighted by Gasteiger charge is -2.11. The van der Waals surface area contributed by atoms with E-state index in [4.69, 9.17) is 4.84 Å². The number of hydrogen-bond donors (Lipinski definition) is 2. The van der Waals surface area contributed by atoms with Crippen LogP contribution in [0.5, 0.6) is 0 Å². The van der Waals surface area contributed by atoms with Crippen LogP contribution >= 0.6 is 15.9 Å². The van der Waals surface area contributed by atoms with Crippen molar-refractivity contribution in [3.63, 3.8) is 0 Å². The lowest BCUT2D eigenvalue weighted by atomic mass is 10.0. The van der Waals surface area contributed by atoms with E-state index in [0.717, 1.165) is 16.5 Å². The number of aromatic nitrogens is 2. The molecule has 2 N–H and O–H groups in total. The minimum absolute atomic E-state index is 0.287. The number of aryl methyl sites for hydroxylation is 1. The summed E-state index contributed by atoms with van der Waals surface area (Å²) in [5.41, 5.74) is 2.22. The van der Waals surface area contributed by atoms with E-state index in [0.29, 0.717) is 30.1 Å². The molecule has 2 aromatic rings. The highest BCUT2D eigenvalue weighted by atomic mass is 79.9. The van der Waals surface area contributed by atoms with Gasteiger partial charge in [-0.2, -0.15) is 5.10 Å². The Labute approximate surface area is 165 Å². The molecule has 3 rings (SSSR count). The predicted molar refractivity (Wildman–Crippen MR) is 105 cm³/mol. The summed E-state index contributed by atoms with van der Waals surface area (Å²) in [4.78, 5) is 30.2. The van der Waals surface area contributed by atoms with E-state index in [-0.39, 0.29) is 11.8 Å². The molecule has 0 radical (unpaired) electrons. The van der Waals surface area contributed by atoms with Gasteiger partial charge in [0.15, 0.2) is 0 Å². The molecule has 2 amide bonds. The minimum Gasteiger partial charge on any atom is -0.382 e. The van der Waals surface area contributed by atoms with Gasteiger partial charge in [-0.25, -0.2) is 0 Å². The van der Waals surface area contributed by atoms with Gasteiger partial charge in [0, 0.05) is 30.0 Å². The highest BCUT2D eigenvalue weighted by Crippen LogP contribution is 2.22. The summed E-state index contributed by atoms with van der Waals surface area (Å²) in [5.74, 6) is -0.660. The quantitative estimate of drug-likeness (QED) is 0.730. The van der Waals surface area contributed by atoms with Crippen LogP contribution in [0.1, 0.15) is 35.8 Å². The fourth-order valence-corrected chi connectivity index (χ4v) is 3.09. The number of halogens is 1. The van der Waals surface area contributed by atoms with Crippen molar-refractivity contribution in [2.45, 2.75) is 25.9 Å². The first-order chi connectivity index (χ1) is 13.0. The van der Waals surface area contributed by atoms with Crippen LogP contribution in [0.3, 0.4) is 0 Å². The third-order valence-electron chi connectivity index (χ3n) is 4.07. The van der Waals surface area contributed by atoms with Gasteiger partial charge in [0.25, 0.3) is 11.8 Å². The highest BCUT2D eigenvalue weighted by molar-refractivity contribution is 9.10. The molecule has 0 spiro atoms. The van der Waals surface area contributed by atoms with Crippen molar-refractivity contribution in [1.29, 1.82) is 0 Å². The number of rotatable bonds is 6. The Morgan fingerprint density at radius 2 is 2.22 bits per heavy atom. The molecule has 1 aliphatic heterocycles. The number of amides is 2. The highest BCUT2D eigenvalue weighted by Gasteiger charge is 2.30. The zero-order valence-electron chi connectivity index (χ0n) is 15.0. The van der Waals surface area contributed by atoms with Gasteiger partial charge < -0.3 is 15.5 Å². The molecular weight excluding hydrogens is 414 g/mol. The Morgan fingerprint density at radius 3 is 2.96 bits per heavy atom. The van der Waals surface area contributed by atoms with E-state index in [1.807, 2.05) is 31.2 Å². The van der Waals surface area contributed by atoms with Crippen molar-refractivity contribution in [2.75, 3.05) is 11.9 Å². The third kappa shape index (κ3) is 4.36. The summed E-state index contributed by atoms with van der Waals surface area (Å²) in [7, 11) is 1.65. The van der Waals surface area contributed by atoms with Gasteiger partial charge in [-0.15, -0.1) is 0 Å². The molecule has 0 bridgehead atoms. The number of benzene rings is 1. The number of carbonyl (C=O) groups excluding carboxylic acids is 2. The average Bonchev–Trinajstić information content (AvgIpc) is 3.27. The zero-order valence-corrected chi connectivity index (χ0v) is 16.6. The van der Waals surface area contributed by atoms with Gasteiger partial charge in [0.1, 0.15) is 5.69 Å². The summed E-state index contributed by atoms with van der Waals surface area (Å²) in [5, 5.41) is 13.6. The number of hydrogen-bond acceptors (Lipinski definition) is 5. The lowest BCUT2D eigenvalue weighted by Crippen LogP contribution is -2.31. The first kappa shape index (κ1) is 19.1. The maximum absolute atomic E-state index is 12.6. The van der Waals surface area contributed by atoms with Crippen molar-refractivity contribution in [3.05, 3.63) is 46.2 Å². The van der Waals surface area contributed by atoms with Crippen LogP contribution in [0.25, 0.3) is 0 Å².